The van der Waals surface area contributed by atoms with E-state index < -0.39 is 5.97 Å². The van der Waals surface area contributed by atoms with Gasteiger partial charge in [-0.3, -0.25) is 9.36 Å². The minimum atomic E-state index is -0.461. The topological polar surface area (TPSA) is 48.3 Å². The lowest BCUT2D eigenvalue weighted by molar-refractivity contribution is 0.0602. The molecule has 0 aliphatic carbocycles. The summed E-state index contributed by atoms with van der Waals surface area (Å²) in [5, 5.41) is 1.22. The van der Waals surface area contributed by atoms with Gasteiger partial charge in [-0.15, -0.1) is 0 Å². The van der Waals surface area contributed by atoms with Crippen LogP contribution in [0.5, 0.6) is 0 Å². The van der Waals surface area contributed by atoms with Crippen LogP contribution in [-0.4, -0.2) is 23.6 Å². The molecule has 0 saturated heterocycles. The summed E-state index contributed by atoms with van der Waals surface area (Å²) in [5.41, 5.74) is 2.98. The Bertz CT molecular complexity index is 972. The fraction of sp³-hybridized carbons (Fsp3) is 0.158. The van der Waals surface area contributed by atoms with E-state index in [2.05, 4.69) is 0 Å². The molecule has 0 spiro atoms. The molecule has 0 unspecified atom stereocenters. The molecule has 2 aromatic carbocycles. The molecular weight excluding hydrogens is 326 g/mol. The number of hydrogen-bond donors (Lipinski definition) is 0. The van der Waals surface area contributed by atoms with E-state index in [9.17, 15) is 9.59 Å². The van der Waals surface area contributed by atoms with Crippen molar-refractivity contribution in [2.45, 2.75) is 13.8 Å². The van der Waals surface area contributed by atoms with Crippen molar-refractivity contribution in [1.29, 1.82) is 0 Å². The van der Waals surface area contributed by atoms with Gasteiger partial charge in [0.05, 0.1) is 18.2 Å². The molecule has 0 fully saturated rings. The van der Waals surface area contributed by atoms with Crippen molar-refractivity contribution in [1.82, 2.24) is 4.57 Å². The first kappa shape index (κ1) is 16.3. The highest BCUT2D eigenvalue weighted by Gasteiger charge is 2.24. The number of hydrogen-bond acceptors (Lipinski definition) is 3. The Kier molecular flexibility index (Phi) is 4.16. The second kappa shape index (κ2) is 6.13. The van der Waals surface area contributed by atoms with Crippen LogP contribution in [0.15, 0.2) is 42.5 Å². The highest BCUT2D eigenvalue weighted by Crippen LogP contribution is 2.28. The maximum Gasteiger partial charge on any atom is 0.340 e. The van der Waals surface area contributed by atoms with Gasteiger partial charge in [-0.1, -0.05) is 35.9 Å². The number of benzene rings is 2. The maximum absolute atomic E-state index is 13.0. The van der Waals surface area contributed by atoms with Crippen LogP contribution >= 0.6 is 11.6 Å². The Morgan fingerprint density at radius 3 is 2.46 bits per heavy atom. The molecule has 3 aromatic rings. The monoisotopic (exact) mass is 341 g/mol. The standard InChI is InChI=1S/C19H16ClNO3/c1-11-8-9-13(10-15(11)20)18(22)21-12(2)17(19(23)24-3)14-6-4-5-7-16(14)21/h4-10H,1-3H3. The highest BCUT2D eigenvalue weighted by molar-refractivity contribution is 6.31. The molecule has 0 aliphatic rings. The average molecular weight is 342 g/mol. The van der Waals surface area contributed by atoms with Gasteiger partial charge in [0, 0.05) is 21.7 Å². The Hall–Kier alpha value is -2.59. The lowest BCUT2D eigenvalue weighted by Crippen LogP contribution is -2.14. The number of aromatic nitrogens is 1. The van der Waals surface area contributed by atoms with Gasteiger partial charge in [0.25, 0.3) is 5.91 Å². The van der Waals surface area contributed by atoms with Crippen molar-refractivity contribution in [3.63, 3.8) is 0 Å². The van der Waals surface area contributed by atoms with Crippen LogP contribution in [0.3, 0.4) is 0 Å². The summed E-state index contributed by atoms with van der Waals surface area (Å²) >= 11 is 6.15. The van der Waals surface area contributed by atoms with Crippen LogP contribution in [0.2, 0.25) is 5.02 Å². The van der Waals surface area contributed by atoms with E-state index in [1.165, 1.54) is 11.7 Å². The predicted octanol–water partition coefficient (Wildman–Crippen LogP) is 4.39. The first-order valence-corrected chi connectivity index (χ1v) is 7.82. The molecule has 0 amide bonds. The summed E-state index contributed by atoms with van der Waals surface area (Å²) in [6, 6.07) is 12.4. The molecular formula is C19H16ClNO3. The molecule has 0 atom stereocenters. The Morgan fingerprint density at radius 2 is 1.79 bits per heavy atom. The third kappa shape index (κ3) is 2.49. The van der Waals surface area contributed by atoms with Gasteiger partial charge in [-0.05, 0) is 37.6 Å². The summed E-state index contributed by atoms with van der Waals surface area (Å²) < 4.78 is 6.40. The summed E-state index contributed by atoms with van der Waals surface area (Å²) in [4.78, 5) is 25.2. The molecule has 0 saturated carbocycles. The largest absolute Gasteiger partial charge is 0.465 e. The van der Waals surface area contributed by atoms with Crippen LogP contribution in [0.25, 0.3) is 10.9 Å². The molecule has 4 nitrogen and oxygen atoms in total. The molecule has 1 heterocycles. The second-order valence-corrected chi connectivity index (χ2v) is 5.98. The summed E-state index contributed by atoms with van der Waals surface area (Å²) in [5.74, 6) is -0.696. The molecule has 0 aliphatic heterocycles. The van der Waals surface area contributed by atoms with Gasteiger partial charge in [0.2, 0.25) is 0 Å². The predicted molar refractivity (Wildman–Crippen MR) is 93.9 cm³/mol. The fourth-order valence-electron chi connectivity index (χ4n) is 2.84. The lowest BCUT2D eigenvalue weighted by Gasteiger charge is -2.08. The molecule has 24 heavy (non-hydrogen) atoms. The number of ether oxygens (including phenoxy) is 1. The number of nitrogens with zero attached hydrogens (tertiary/aromatic N) is 1. The molecule has 5 heteroatoms. The minimum absolute atomic E-state index is 0.235. The van der Waals surface area contributed by atoms with Crippen LogP contribution < -0.4 is 0 Å². The van der Waals surface area contributed by atoms with E-state index in [1.54, 1.807) is 31.2 Å². The van der Waals surface area contributed by atoms with Crippen molar-refractivity contribution in [3.8, 4) is 0 Å². The van der Waals surface area contributed by atoms with E-state index in [0.717, 1.165) is 5.56 Å². The van der Waals surface area contributed by atoms with E-state index in [-0.39, 0.29) is 5.91 Å². The van der Waals surface area contributed by atoms with Crippen molar-refractivity contribution in [3.05, 3.63) is 69.9 Å². The van der Waals surface area contributed by atoms with Gasteiger partial charge in [-0.25, -0.2) is 4.79 Å². The van der Waals surface area contributed by atoms with Crippen molar-refractivity contribution >= 4 is 34.4 Å². The third-order valence-corrected chi connectivity index (χ3v) is 4.53. The number of esters is 1. The molecule has 0 bridgehead atoms. The highest BCUT2D eigenvalue weighted by atomic mass is 35.5. The van der Waals surface area contributed by atoms with E-state index in [4.69, 9.17) is 16.3 Å². The second-order valence-electron chi connectivity index (χ2n) is 5.57. The number of carbonyl (C=O) groups is 2. The first-order valence-electron chi connectivity index (χ1n) is 7.45. The quantitative estimate of drug-likeness (QED) is 0.650. The number of carbonyl (C=O) groups excluding carboxylic acids is 2. The van der Waals surface area contributed by atoms with Gasteiger partial charge >= 0.3 is 5.97 Å². The van der Waals surface area contributed by atoms with Crippen LogP contribution in [-0.2, 0) is 4.74 Å². The zero-order valence-electron chi connectivity index (χ0n) is 13.6. The minimum Gasteiger partial charge on any atom is -0.465 e. The lowest BCUT2D eigenvalue weighted by atomic mass is 10.1. The summed E-state index contributed by atoms with van der Waals surface area (Å²) in [6.07, 6.45) is 0. The molecule has 122 valence electrons. The summed E-state index contributed by atoms with van der Waals surface area (Å²) in [6.45, 7) is 3.61. The van der Waals surface area contributed by atoms with Gasteiger partial charge < -0.3 is 4.74 Å². The fourth-order valence-corrected chi connectivity index (χ4v) is 3.02. The number of fused-ring (bicyclic) bond motifs is 1. The van der Waals surface area contributed by atoms with Crippen molar-refractivity contribution < 1.29 is 14.3 Å². The number of methoxy groups -OCH3 is 1. The zero-order valence-corrected chi connectivity index (χ0v) is 14.3. The SMILES string of the molecule is COC(=O)c1c(C)n(C(=O)c2ccc(C)c(Cl)c2)c2ccccc12. The molecule has 0 N–H and O–H groups in total. The van der Waals surface area contributed by atoms with Crippen molar-refractivity contribution in [2.75, 3.05) is 7.11 Å². The first-order chi connectivity index (χ1) is 11.5. The molecule has 3 rings (SSSR count). The van der Waals surface area contributed by atoms with Gasteiger partial charge in [0.15, 0.2) is 0 Å². The number of rotatable bonds is 2. The number of aryl methyl sites for hydroxylation is 1. The van der Waals surface area contributed by atoms with E-state index in [0.29, 0.717) is 32.7 Å². The maximum atomic E-state index is 13.0. The van der Waals surface area contributed by atoms with E-state index in [1.807, 2.05) is 25.1 Å². The normalized spacial score (nSPS) is 10.8. The third-order valence-electron chi connectivity index (χ3n) is 4.12. The summed E-state index contributed by atoms with van der Waals surface area (Å²) in [7, 11) is 1.33. The smallest absolute Gasteiger partial charge is 0.340 e. The average Bonchev–Trinajstić information content (AvgIpc) is 2.88. The van der Waals surface area contributed by atoms with Crippen molar-refractivity contribution in [2.24, 2.45) is 0 Å². The molecule has 0 radical (unpaired) electrons. The number of halogens is 1. The Labute approximate surface area is 144 Å². The van der Waals surface area contributed by atoms with Crippen LogP contribution in [0.1, 0.15) is 32.0 Å². The van der Waals surface area contributed by atoms with Crippen LogP contribution in [0.4, 0.5) is 0 Å². The van der Waals surface area contributed by atoms with Gasteiger partial charge in [-0.2, -0.15) is 0 Å². The zero-order chi connectivity index (χ0) is 17.4. The molecule has 1 aromatic heterocycles. The Morgan fingerprint density at radius 1 is 1.08 bits per heavy atom. The van der Waals surface area contributed by atoms with Crippen LogP contribution in [0, 0.1) is 13.8 Å². The number of para-hydroxylation sites is 1. The Balaban J connectivity index is 2.26. The van der Waals surface area contributed by atoms with Gasteiger partial charge in [0.1, 0.15) is 0 Å². The van der Waals surface area contributed by atoms with E-state index >= 15 is 0 Å².